The van der Waals surface area contributed by atoms with Crippen LogP contribution >= 0.6 is 0 Å². The molecule has 0 aliphatic rings. The summed E-state index contributed by atoms with van der Waals surface area (Å²) in [7, 11) is 0. The maximum atomic E-state index is 6.34. The Bertz CT molecular complexity index is 2790. The summed E-state index contributed by atoms with van der Waals surface area (Å²) in [5.74, 6) is 0. The lowest BCUT2D eigenvalue weighted by molar-refractivity contribution is 0.669. The quantitative estimate of drug-likeness (QED) is 0.178. The standard InChI is InChI=1S/C48H32N2O/c1-2-11-33(12-3-1)36-13-10-14-39(31-36)49(40-29-30-44-43-17-6-9-20-47(43)51-48(44)32-40)37-25-21-34(22-26-37)35-23-27-38(28-24-35)50-45-18-7-4-15-41(45)42-16-5-8-19-46(42)50/h1-32H. The first kappa shape index (κ1) is 29.1. The van der Waals surface area contributed by atoms with Crippen LogP contribution in [0.15, 0.2) is 199 Å². The Morgan fingerprint density at radius 3 is 1.59 bits per heavy atom. The Labute approximate surface area is 295 Å². The fraction of sp³-hybridized carbons (Fsp3) is 0. The highest BCUT2D eigenvalue weighted by Gasteiger charge is 2.17. The Kier molecular flexibility index (Phi) is 6.81. The molecule has 10 aromatic rings. The van der Waals surface area contributed by atoms with Crippen molar-refractivity contribution in [1.29, 1.82) is 0 Å². The lowest BCUT2D eigenvalue weighted by Gasteiger charge is -2.26. The predicted octanol–water partition coefficient (Wildman–Crippen LogP) is 13.5. The summed E-state index contributed by atoms with van der Waals surface area (Å²) < 4.78 is 8.70. The van der Waals surface area contributed by atoms with Gasteiger partial charge in [0, 0.05) is 50.4 Å². The van der Waals surface area contributed by atoms with Gasteiger partial charge in [0.05, 0.1) is 11.0 Å². The van der Waals surface area contributed by atoms with Gasteiger partial charge in [0.2, 0.25) is 0 Å². The van der Waals surface area contributed by atoms with Crippen LogP contribution in [0.5, 0.6) is 0 Å². The number of nitrogens with zero attached hydrogens (tertiary/aromatic N) is 2. The van der Waals surface area contributed by atoms with Gasteiger partial charge in [0.1, 0.15) is 11.2 Å². The van der Waals surface area contributed by atoms with Crippen LogP contribution < -0.4 is 4.90 Å². The topological polar surface area (TPSA) is 21.3 Å². The molecule has 0 aliphatic carbocycles. The van der Waals surface area contributed by atoms with Gasteiger partial charge < -0.3 is 13.9 Å². The first-order chi connectivity index (χ1) is 25.3. The monoisotopic (exact) mass is 652 g/mol. The summed E-state index contributed by atoms with van der Waals surface area (Å²) in [4.78, 5) is 2.31. The second kappa shape index (κ2) is 11.9. The smallest absolute Gasteiger partial charge is 0.137 e. The largest absolute Gasteiger partial charge is 0.456 e. The molecule has 8 aromatic carbocycles. The van der Waals surface area contributed by atoms with E-state index >= 15 is 0 Å². The fourth-order valence-electron chi connectivity index (χ4n) is 7.56. The second-order valence-corrected chi connectivity index (χ2v) is 13.0. The van der Waals surface area contributed by atoms with Gasteiger partial charge in [0.25, 0.3) is 0 Å². The Balaban J connectivity index is 1.04. The van der Waals surface area contributed by atoms with E-state index < -0.39 is 0 Å². The molecule has 0 spiro atoms. The molecule has 0 aliphatic heterocycles. The van der Waals surface area contributed by atoms with Crippen molar-refractivity contribution in [3.05, 3.63) is 194 Å². The number of furan rings is 1. The number of para-hydroxylation sites is 3. The molecule has 0 bridgehead atoms. The van der Waals surface area contributed by atoms with Gasteiger partial charge in [-0.2, -0.15) is 0 Å². The van der Waals surface area contributed by atoms with Crippen LogP contribution in [0.4, 0.5) is 17.1 Å². The van der Waals surface area contributed by atoms with E-state index in [0.29, 0.717) is 0 Å². The molecule has 3 nitrogen and oxygen atoms in total. The van der Waals surface area contributed by atoms with Gasteiger partial charge in [0.15, 0.2) is 0 Å². The molecule has 0 N–H and O–H groups in total. The molecule has 10 rings (SSSR count). The SMILES string of the molecule is c1ccc(-c2cccc(N(c3ccc(-c4ccc(-n5c6ccccc6c6ccccc65)cc4)cc3)c3ccc4c(c3)oc3ccccc34)c2)cc1. The van der Waals surface area contributed by atoms with Crippen LogP contribution in [0.25, 0.3) is 71.7 Å². The van der Waals surface area contributed by atoms with E-state index in [9.17, 15) is 0 Å². The third-order valence-electron chi connectivity index (χ3n) is 10.00. The van der Waals surface area contributed by atoms with Gasteiger partial charge in [-0.15, -0.1) is 0 Å². The number of anilines is 3. The zero-order valence-electron chi connectivity index (χ0n) is 27.8. The molecule has 0 fully saturated rings. The summed E-state index contributed by atoms with van der Waals surface area (Å²) in [5, 5.41) is 4.79. The van der Waals surface area contributed by atoms with E-state index in [1.165, 1.54) is 44.1 Å². The molecular formula is C48H32N2O. The Morgan fingerprint density at radius 2 is 0.863 bits per heavy atom. The minimum absolute atomic E-state index is 0.873. The molecule has 0 unspecified atom stereocenters. The molecule has 0 saturated carbocycles. The molecule has 240 valence electrons. The molecule has 3 heteroatoms. The third-order valence-corrected chi connectivity index (χ3v) is 10.00. The van der Waals surface area contributed by atoms with E-state index in [4.69, 9.17) is 4.42 Å². The summed E-state index contributed by atoms with van der Waals surface area (Å²) in [6.45, 7) is 0. The maximum absolute atomic E-state index is 6.34. The summed E-state index contributed by atoms with van der Waals surface area (Å²) in [6, 6.07) is 69.1. The minimum Gasteiger partial charge on any atom is -0.456 e. The van der Waals surface area contributed by atoms with Gasteiger partial charge in [-0.1, -0.05) is 121 Å². The molecular weight excluding hydrogens is 621 g/mol. The first-order valence-corrected chi connectivity index (χ1v) is 17.3. The normalized spacial score (nSPS) is 11.5. The van der Waals surface area contributed by atoms with Crippen LogP contribution in [0, 0.1) is 0 Å². The molecule has 2 heterocycles. The molecule has 51 heavy (non-hydrogen) atoms. The highest BCUT2D eigenvalue weighted by molar-refractivity contribution is 6.09. The van der Waals surface area contributed by atoms with Gasteiger partial charge in [-0.3, -0.25) is 0 Å². The number of hydrogen-bond donors (Lipinski definition) is 0. The van der Waals surface area contributed by atoms with Crippen molar-refractivity contribution in [3.63, 3.8) is 0 Å². The van der Waals surface area contributed by atoms with Crippen molar-refractivity contribution in [2.75, 3.05) is 4.90 Å². The highest BCUT2D eigenvalue weighted by Crippen LogP contribution is 2.40. The summed E-state index contributed by atoms with van der Waals surface area (Å²) >= 11 is 0. The molecule has 0 saturated heterocycles. The summed E-state index contributed by atoms with van der Waals surface area (Å²) in [5.41, 5.74) is 13.2. The number of fused-ring (bicyclic) bond motifs is 6. The average Bonchev–Trinajstić information content (AvgIpc) is 3.74. The minimum atomic E-state index is 0.873. The Morgan fingerprint density at radius 1 is 0.333 bits per heavy atom. The molecule has 2 aromatic heterocycles. The lowest BCUT2D eigenvalue weighted by Crippen LogP contribution is -2.10. The van der Waals surface area contributed by atoms with E-state index in [0.717, 1.165) is 44.7 Å². The number of benzene rings is 8. The number of hydrogen-bond acceptors (Lipinski definition) is 2. The van der Waals surface area contributed by atoms with Crippen LogP contribution in [-0.2, 0) is 0 Å². The zero-order chi connectivity index (χ0) is 33.7. The van der Waals surface area contributed by atoms with Crippen molar-refractivity contribution in [1.82, 2.24) is 4.57 Å². The Hall–Kier alpha value is -6.84. The third kappa shape index (κ3) is 4.98. The molecule has 0 radical (unpaired) electrons. The molecule has 0 amide bonds. The van der Waals surface area contributed by atoms with Crippen molar-refractivity contribution >= 4 is 60.8 Å². The van der Waals surface area contributed by atoms with Crippen LogP contribution in [0.1, 0.15) is 0 Å². The van der Waals surface area contributed by atoms with Gasteiger partial charge >= 0.3 is 0 Å². The van der Waals surface area contributed by atoms with Gasteiger partial charge in [-0.25, -0.2) is 0 Å². The predicted molar refractivity (Wildman–Crippen MR) is 214 cm³/mol. The van der Waals surface area contributed by atoms with E-state index in [1.807, 2.05) is 12.1 Å². The maximum Gasteiger partial charge on any atom is 0.137 e. The van der Waals surface area contributed by atoms with Crippen molar-refractivity contribution < 1.29 is 4.42 Å². The first-order valence-electron chi connectivity index (χ1n) is 17.3. The van der Waals surface area contributed by atoms with Crippen LogP contribution in [-0.4, -0.2) is 4.57 Å². The lowest BCUT2D eigenvalue weighted by atomic mass is 10.0. The van der Waals surface area contributed by atoms with Gasteiger partial charge in [-0.05, 0) is 89.0 Å². The van der Waals surface area contributed by atoms with E-state index in [1.54, 1.807) is 0 Å². The number of rotatable bonds is 6. The van der Waals surface area contributed by atoms with E-state index in [2.05, 4.69) is 191 Å². The average molecular weight is 653 g/mol. The second-order valence-electron chi connectivity index (χ2n) is 13.0. The summed E-state index contributed by atoms with van der Waals surface area (Å²) in [6.07, 6.45) is 0. The highest BCUT2D eigenvalue weighted by atomic mass is 16.3. The van der Waals surface area contributed by atoms with Crippen LogP contribution in [0.2, 0.25) is 0 Å². The van der Waals surface area contributed by atoms with Crippen molar-refractivity contribution in [2.45, 2.75) is 0 Å². The van der Waals surface area contributed by atoms with Crippen molar-refractivity contribution in [3.8, 4) is 27.9 Å². The number of aromatic nitrogens is 1. The van der Waals surface area contributed by atoms with Crippen molar-refractivity contribution in [2.24, 2.45) is 0 Å². The fourth-order valence-corrected chi connectivity index (χ4v) is 7.56. The molecule has 0 atom stereocenters. The van der Waals surface area contributed by atoms with Crippen LogP contribution in [0.3, 0.4) is 0 Å². The zero-order valence-corrected chi connectivity index (χ0v) is 27.8. The van der Waals surface area contributed by atoms with E-state index in [-0.39, 0.29) is 0 Å².